The van der Waals surface area contributed by atoms with E-state index in [9.17, 15) is 4.79 Å². The Morgan fingerprint density at radius 1 is 1.24 bits per heavy atom. The van der Waals surface area contributed by atoms with Crippen molar-refractivity contribution in [3.8, 4) is 5.75 Å². The molecule has 0 saturated carbocycles. The van der Waals surface area contributed by atoms with Gasteiger partial charge in [-0.25, -0.2) is 4.98 Å². The molecule has 0 unspecified atom stereocenters. The fraction of sp³-hybridized carbons (Fsp3) is 0.350. The van der Waals surface area contributed by atoms with Crippen LogP contribution in [0.15, 0.2) is 22.6 Å². The number of anilines is 2. The van der Waals surface area contributed by atoms with E-state index < -0.39 is 0 Å². The van der Waals surface area contributed by atoms with Crippen LogP contribution in [0.4, 0.5) is 11.5 Å². The van der Waals surface area contributed by atoms with Crippen molar-refractivity contribution in [2.24, 2.45) is 0 Å². The minimum Gasteiger partial charge on any atom is -0.495 e. The first kappa shape index (κ1) is 19.5. The molecule has 3 heterocycles. The number of carbonyl (C=O) groups is 1. The monoisotopic (exact) mass is 416 g/mol. The highest BCUT2D eigenvalue weighted by atomic mass is 35.5. The Bertz CT molecular complexity index is 1080. The largest absolute Gasteiger partial charge is 0.495 e. The average molecular weight is 417 g/mol. The van der Waals surface area contributed by atoms with Gasteiger partial charge in [-0.15, -0.1) is 0 Å². The Morgan fingerprint density at radius 2 is 2.00 bits per heavy atom. The molecule has 0 radical (unpaired) electrons. The van der Waals surface area contributed by atoms with Gasteiger partial charge in [0.2, 0.25) is 5.71 Å². The zero-order chi connectivity index (χ0) is 20.5. The molecule has 1 aliphatic rings. The summed E-state index contributed by atoms with van der Waals surface area (Å²) in [6, 6.07) is 5.06. The molecular formula is C20H21ClN4O4. The van der Waals surface area contributed by atoms with Gasteiger partial charge in [-0.3, -0.25) is 4.79 Å². The first-order chi connectivity index (χ1) is 14.0. The summed E-state index contributed by atoms with van der Waals surface area (Å²) in [4.78, 5) is 24.2. The maximum Gasteiger partial charge on any atom is 0.260 e. The second-order valence-corrected chi connectivity index (χ2v) is 7.12. The molecule has 3 aromatic rings. The van der Waals surface area contributed by atoms with Crippen LogP contribution in [0, 0.1) is 13.8 Å². The Balaban J connectivity index is 1.75. The van der Waals surface area contributed by atoms with Crippen molar-refractivity contribution in [2.75, 3.05) is 43.6 Å². The van der Waals surface area contributed by atoms with Crippen molar-refractivity contribution in [3.63, 3.8) is 0 Å². The van der Waals surface area contributed by atoms with E-state index in [1.807, 2.05) is 0 Å². The quantitative estimate of drug-likeness (QED) is 0.695. The van der Waals surface area contributed by atoms with Crippen molar-refractivity contribution >= 4 is 40.1 Å². The van der Waals surface area contributed by atoms with Crippen molar-refractivity contribution in [1.29, 1.82) is 0 Å². The van der Waals surface area contributed by atoms with Gasteiger partial charge < -0.3 is 24.1 Å². The molecule has 152 valence electrons. The van der Waals surface area contributed by atoms with Crippen molar-refractivity contribution in [2.45, 2.75) is 13.8 Å². The van der Waals surface area contributed by atoms with E-state index in [0.717, 1.165) is 0 Å². The number of halogens is 1. The van der Waals surface area contributed by atoms with Gasteiger partial charge >= 0.3 is 0 Å². The molecule has 9 heteroatoms. The molecule has 1 fully saturated rings. The second kappa shape index (κ2) is 7.88. The standard InChI is InChI=1S/C20H21ClN4O4/c1-11-16(19(26)24-13-4-5-15(27-3)14(21)10-13)17-18(25-6-8-28-9-7-25)22-12(2)23-20(17)29-11/h4-5,10H,6-9H2,1-3H3,(H,24,26). The minimum absolute atomic E-state index is 0.315. The highest BCUT2D eigenvalue weighted by Crippen LogP contribution is 2.33. The van der Waals surface area contributed by atoms with Crippen LogP contribution in [0.25, 0.3) is 11.1 Å². The molecule has 29 heavy (non-hydrogen) atoms. The third-order valence-electron chi connectivity index (χ3n) is 4.77. The Labute approximate surface area is 172 Å². The number of amides is 1. The maximum atomic E-state index is 13.2. The summed E-state index contributed by atoms with van der Waals surface area (Å²) >= 11 is 6.18. The second-order valence-electron chi connectivity index (χ2n) is 6.71. The molecule has 0 spiro atoms. The third kappa shape index (κ3) is 3.73. The SMILES string of the molecule is COc1ccc(NC(=O)c2c(C)oc3nc(C)nc(N4CCOCC4)c23)cc1Cl. The number of methoxy groups -OCH3 is 1. The third-order valence-corrected chi connectivity index (χ3v) is 5.06. The molecular weight excluding hydrogens is 396 g/mol. The number of hydrogen-bond acceptors (Lipinski definition) is 7. The number of nitrogens with one attached hydrogen (secondary N) is 1. The molecule has 0 atom stereocenters. The number of morpholine rings is 1. The predicted molar refractivity (Wildman–Crippen MR) is 110 cm³/mol. The summed E-state index contributed by atoms with van der Waals surface area (Å²) in [6.45, 7) is 6.13. The molecule has 0 aliphatic carbocycles. The van der Waals surface area contributed by atoms with Crippen LogP contribution in [0.2, 0.25) is 5.02 Å². The van der Waals surface area contributed by atoms with Crippen LogP contribution >= 0.6 is 11.6 Å². The number of benzene rings is 1. The lowest BCUT2D eigenvalue weighted by Crippen LogP contribution is -2.37. The number of aryl methyl sites for hydroxylation is 2. The van der Waals surface area contributed by atoms with E-state index >= 15 is 0 Å². The molecule has 0 bridgehead atoms. The van der Waals surface area contributed by atoms with Crippen LogP contribution in [0.1, 0.15) is 21.9 Å². The van der Waals surface area contributed by atoms with Gasteiger partial charge in [-0.1, -0.05) is 11.6 Å². The molecule has 1 saturated heterocycles. The topological polar surface area (TPSA) is 89.7 Å². The fourth-order valence-electron chi connectivity index (χ4n) is 3.41. The molecule has 2 aromatic heterocycles. The number of aromatic nitrogens is 2. The van der Waals surface area contributed by atoms with E-state index in [1.54, 1.807) is 32.0 Å². The first-order valence-corrected chi connectivity index (χ1v) is 9.61. The van der Waals surface area contributed by atoms with E-state index in [2.05, 4.69) is 20.2 Å². The Kier molecular flexibility index (Phi) is 5.29. The Hall–Kier alpha value is -2.84. The van der Waals surface area contributed by atoms with Gasteiger partial charge in [0.15, 0.2) is 0 Å². The summed E-state index contributed by atoms with van der Waals surface area (Å²) in [5.74, 6) is 1.97. The maximum absolute atomic E-state index is 13.2. The van der Waals surface area contributed by atoms with Crippen LogP contribution in [-0.4, -0.2) is 49.3 Å². The van der Waals surface area contributed by atoms with Gasteiger partial charge in [0.25, 0.3) is 5.91 Å². The number of hydrogen-bond donors (Lipinski definition) is 1. The summed E-state index contributed by atoms with van der Waals surface area (Å²) < 4.78 is 16.4. The number of fused-ring (bicyclic) bond motifs is 1. The minimum atomic E-state index is -0.315. The van der Waals surface area contributed by atoms with Crippen molar-refractivity contribution in [1.82, 2.24) is 9.97 Å². The number of ether oxygens (including phenoxy) is 2. The zero-order valence-corrected chi connectivity index (χ0v) is 17.2. The molecule has 1 aliphatic heterocycles. The van der Waals surface area contributed by atoms with Gasteiger partial charge in [0.1, 0.15) is 23.2 Å². The molecule has 4 rings (SSSR count). The average Bonchev–Trinajstić information content (AvgIpc) is 3.03. The summed E-state index contributed by atoms with van der Waals surface area (Å²) in [5.41, 5.74) is 1.36. The van der Waals surface area contributed by atoms with Crippen LogP contribution in [0.5, 0.6) is 5.75 Å². The number of rotatable bonds is 4. The van der Waals surface area contributed by atoms with Gasteiger partial charge in [0, 0.05) is 18.8 Å². The number of furan rings is 1. The van der Waals surface area contributed by atoms with E-state index in [4.69, 9.17) is 25.5 Å². The fourth-order valence-corrected chi connectivity index (χ4v) is 3.67. The lowest BCUT2D eigenvalue weighted by molar-refractivity contribution is 0.102. The van der Waals surface area contributed by atoms with E-state index in [1.165, 1.54) is 7.11 Å². The zero-order valence-electron chi connectivity index (χ0n) is 16.4. The predicted octanol–water partition coefficient (Wildman–Crippen LogP) is 3.59. The Morgan fingerprint density at radius 3 is 2.69 bits per heavy atom. The number of carbonyl (C=O) groups excluding carboxylic acids is 1. The summed E-state index contributed by atoms with van der Waals surface area (Å²) in [7, 11) is 1.54. The van der Waals surface area contributed by atoms with Crippen LogP contribution < -0.4 is 15.0 Å². The van der Waals surface area contributed by atoms with E-state index in [0.29, 0.717) is 76.8 Å². The molecule has 1 N–H and O–H groups in total. The van der Waals surface area contributed by atoms with Crippen molar-refractivity contribution < 1.29 is 18.7 Å². The highest BCUT2D eigenvalue weighted by molar-refractivity contribution is 6.32. The van der Waals surface area contributed by atoms with E-state index in [-0.39, 0.29) is 5.91 Å². The normalized spacial score (nSPS) is 14.3. The molecule has 8 nitrogen and oxygen atoms in total. The lowest BCUT2D eigenvalue weighted by Gasteiger charge is -2.28. The smallest absolute Gasteiger partial charge is 0.260 e. The van der Waals surface area contributed by atoms with Gasteiger partial charge in [-0.2, -0.15) is 4.98 Å². The lowest BCUT2D eigenvalue weighted by atomic mass is 10.1. The molecule has 1 aromatic carbocycles. The summed E-state index contributed by atoms with van der Waals surface area (Å²) in [5, 5.41) is 3.89. The highest BCUT2D eigenvalue weighted by Gasteiger charge is 2.27. The number of nitrogens with zero attached hydrogens (tertiary/aromatic N) is 3. The molecule has 1 amide bonds. The van der Waals surface area contributed by atoms with Crippen LogP contribution in [0.3, 0.4) is 0 Å². The van der Waals surface area contributed by atoms with Gasteiger partial charge in [-0.05, 0) is 32.0 Å². The summed E-state index contributed by atoms with van der Waals surface area (Å²) in [6.07, 6.45) is 0. The van der Waals surface area contributed by atoms with Gasteiger partial charge in [0.05, 0.1) is 36.3 Å². The van der Waals surface area contributed by atoms with Crippen molar-refractivity contribution in [3.05, 3.63) is 40.4 Å². The first-order valence-electron chi connectivity index (χ1n) is 9.23. The van der Waals surface area contributed by atoms with Crippen LogP contribution in [-0.2, 0) is 4.74 Å².